The Morgan fingerprint density at radius 2 is 2.19 bits per heavy atom. The molecule has 0 spiro atoms. The lowest BCUT2D eigenvalue weighted by atomic mass is 10.1. The van der Waals surface area contributed by atoms with Gasteiger partial charge in [0, 0.05) is 37.5 Å². The highest BCUT2D eigenvalue weighted by atomic mass is 32.1. The van der Waals surface area contributed by atoms with Gasteiger partial charge in [0.2, 0.25) is 0 Å². The Kier molecular flexibility index (Phi) is 3.31. The third kappa shape index (κ3) is 2.86. The van der Waals surface area contributed by atoms with Crippen LogP contribution >= 0.6 is 11.3 Å². The minimum atomic E-state index is 0.0539. The average Bonchev–Trinajstić information content (AvgIpc) is 2.76. The number of thiazole rings is 1. The van der Waals surface area contributed by atoms with Crippen LogP contribution in [0.25, 0.3) is 0 Å². The van der Waals surface area contributed by atoms with E-state index in [1.807, 2.05) is 20.2 Å². The van der Waals surface area contributed by atoms with Crippen molar-refractivity contribution in [2.45, 2.75) is 25.8 Å². The molecule has 0 aromatic carbocycles. The van der Waals surface area contributed by atoms with Crippen LogP contribution in [0.4, 0.5) is 0 Å². The first-order valence-electron chi connectivity index (χ1n) is 5.15. The number of nitrogens with zero attached hydrogens (tertiary/aromatic N) is 4. The van der Waals surface area contributed by atoms with E-state index in [2.05, 4.69) is 20.7 Å². The number of rotatable bonds is 4. The molecule has 2 heterocycles. The molecule has 0 aliphatic rings. The largest absolute Gasteiger partial charge is 0.327 e. The summed E-state index contributed by atoms with van der Waals surface area (Å²) in [7, 11) is 1.85. The standard InChI is InChI=1S/C10H15N5S/c1-7-12-10(6-16-7)4-8(11)3-9-5-15(2)14-13-9/h5-6,8H,3-4,11H2,1-2H3. The van der Waals surface area contributed by atoms with Crippen molar-refractivity contribution >= 4 is 11.3 Å². The van der Waals surface area contributed by atoms with Crippen LogP contribution in [0.15, 0.2) is 11.6 Å². The lowest BCUT2D eigenvalue weighted by Crippen LogP contribution is -2.25. The lowest BCUT2D eigenvalue weighted by molar-refractivity contribution is 0.643. The molecule has 5 nitrogen and oxygen atoms in total. The van der Waals surface area contributed by atoms with Crippen LogP contribution in [0.2, 0.25) is 0 Å². The molecular formula is C10H15N5S. The zero-order chi connectivity index (χ0) is 11.5. The molecule has 2 aromatic heterocycles. The van der Waals surface area contributed by atoms with E-state index in [4.69, 9.17) is 5.73 Å². The maximum absolute atomic E-state index is 6.04. The van der Waals surface area contributed by atoms with Crippen molar-refractivity contribution in [3.63, 3.8) is 0 Å². The SMILES string of the molecule is Cc1nc(CC(N)Cc2cn(C)nn2)cs1. The average molecular weight is 237 g/mol. The smallest absolute Gasteiger partial charge is 0.0897 e. The predicted molar refractivity (Wildman–Crippen MR) is 63.2 cm³/mol. The first-order valence-corrected chi connectivity index (χ1v) is 6.03. The molecule has 2 aromatic rings. The highest BCUT2D eigenvalue weighted by molar-refractivity contribution is 7.09. The fraction of sp³-hybridized carbons (Fsp3) is 0.500. The van der Waals surface area contributed by atoms with Crippen molar-refractivity contribution in [3.05, 3.63) is 28.0 Å². The maximum Gasteiger partial charge on any atom is 0.0897 e. The van der Waals surface area contributed by atoms with Gasteiger partial charge in [-0.2, -0.15) is 0 Å². The van der Waals surface area contributed by atoms with Crippen LogP contribution in [-0.4, -0.2) is 26.0 Å². The summed E-state index contributed by atoms with van der Waals surface area (Å²) in [4.78, 5) is 4.39. The fourth-order valence-corrected chi connectivity index (χ4v) is 2.23. The monoisotopic (exact) mass is 237 g/mol. The van der Waals surface area contributed by atoms with E-state index in [9.17, 15) is 0 Å². The summed E-state index contributed by atoms with van der Waals surface area (Å²) in [6, 6.07) is 0.0539. The van der Waals surface area contributed by atoms with Crippen molar-refractivity contribution in [1.29, 1.82) is 0 Å². The molecule has 0 fully saturated rings. The summed E-state index contributed by atoms with van der Waals surface area (Å²) in [5, 5.41) is 11.0. The Hall–Kier alpha value is -1.27. The van der Waals surface area contributed by atoms with Crippen molar-refractivity contribution < 1.29 is 0 Å². The zero-order valence-corrected chi connectivity index (χ0v) is 10.2. The van der Waals surface area contributed by atoms with Crippen LogP contribution in [0.3, 0.4) is 0 Å². The number of hydrogen-bond donors (Lipinski definition) is 1. The van der Waals surface area contributed by atoms with E-state index in [1.54, 1.807) is 16.0 Å². The maximum atomic E-state index is 6.04. The first kappa shape index (κ1) is 11.2. The lowest BCUT2D eigenvalue weighted by Gasteiger charge is -2.06. The Balaban J connectivity index is 1.91. The summed E-state index contributed by atoms with van der Waals surface area (Å²) in [6.45, 7) is 2.00. The van der Waals surface area contributed by atoms with Crippen molar-refractivity contribution in [1.82, 2.24) is 20.0 Å². The number of nitrogens with two attached hydrogens (primary N) is 1. The summed E-state index contributed by atoms with van der Waals surface area (Å²) < 4.78 is 1.69. The summed E-state index contributed by atoms with van der Waals surface area (Å²) in [5.74, 6) is 0. The molecule has 6 heteroatoms. The van der Waals surface area contributed by atoms with Gasteiger partial charge in [0.15, 0.2) is 0 Å². The van der Waals surface area contributed by atoms with E-state index in [1.165, 1.54) is 0 Å². The molecule has 0 saturated carbocycles. The van der Waals surface area contributed by atoms with Gasteiger partial charge in [-0.3, -0.25) is 4.68 Å². The summed E-state index contributed by atoms with van der Waals surface area (Å²) >= 11 is 1.66. The molecular weight excluding hydrogens is 222 g/mol. The van der Waals surface area contributed by atoms with Gasteiger partial charge in [0.05, 0.1) is 16.4 Å². The number of hydrogen-bond acceptors (Lipinski definition) is 5. The minimum Gasteiger partial charge on any atom is -0.327 e. The fourth-order valence-electron chi connectivity index (χ4n) is 1.60. The van der Waals surface area contributed by atoms with Crippen LogP contribution < -0.4 is 5.73 Å². The molecule has 0 saturated heterocycles. The second kappa shape index (κ2) is 4.71. The van der Waals surface area contributed by atoms with Crippen molar-refractivity contribution in [2.24, 2.45) is 12.8 Å². The van der Waals surface area contributed by atoms with Crippen LogP contribution in [0, 0.1) is 6.92 Å². The molecule has 0 radical (unpaired) electrons. The normalized spacial score (nSPS) is 12.9. The Morgan fingerprint density at radius 1 is 1.44 bits per heavy atom. The second-order valence-electron chi connectivity index (χ2n) is 3.91. The molecule has 1 atom stereocenters. The molecule has 2 rings (SSSR count). The predicted octanol–water partition coefficient (Wildman–Crippen LogP) is 0.693. The van der Waals surface area contributed by atoms with Crippen LogP contribution in [-0.2, 0) is 19.9 Å². The van der Waals surface area contributed by atoms with Gasteiger partial charge in [0.25, 0.3) is 0 Å². The minimum absolute atomic E-state index is 0.0539. The van der Waals surface area contributed by atoms with Crippen molar-refractivity contribution in [3.8, 4) is 0 Å². The van der Waals surface area contributed by atoms with Gasteiger partial charge >= 0.3 is 0 Å². The third-order valence-electron chi connectivity index (χ3n) is 2.26. The van der Waals surface area contributed by atoms with Gasteiger partial charge in [-0.1, -0.05) is 5.21 Å². The molecule has 2 N–H and O–H groups in total. The van der Waals surface area contributed by atoms with Crippen LogP contribution in [0.1, 0.15) is 16.4 Å². The quantitative estimate of drug-likeness (QED) is 0.849. The molecule has 16 heavy (non-hydrogen) atoms. The molecule has 1 unspecified atom stereocenters. The number of aromatic nitrogens is 4. The number of aryl methyl sites for hydroxylation is 2. The molecule has 0 aliphatic carbocycles. The van der Waals surface area contributed by atoms with E-state index in [0.29, 0.717) is 0 Å². The van der Waals surface area contributed by atoms with Gasteiger partial charge in [-0.05, 0) is 6.92 Å². The molecule has 0 bridgehead atoms. The highest BCUT2D eigenvalue weighted by Gasteiger charge is 2.09. The highest BCUT2D eigenvalue weighted by Crippen LogP contribution is 2.10. The van der Waals surface area contributed by atoms with E-state index in [-0.39, 0.29) is 6.04 Å². The van der Waals surface area contributed by atoms with E-state index >= 15 is 0 Å². The molecule has 0 amide bonds. The van der Waals surface area contributed by atoms with E-state index in [0.717, 1.165) is 29.2 Å². The van der Waals surface area contributed by atoms with Gasteiger partial charge in [-0.25, -0.2) is 4.98 Å². The van der Waals surface area contributed by atoms with Crippen LogP contribution in [0.5, 0.6) is 0 Å². The topological polar surface area (TPSA) is 69.6 Å². The Labute approximate surface area is 98.3 Å². The van der Waals surface area contributed by atoms with Gasteiger partial charge in [-0.15, -0.1) is 16.4 Å². The Morgan fingerprint density at radius 3 is 2.75 bits per heavy atom. The second-order valence-corrected chi connectivity index (χ2v) is 4.97. The van der Waals surface area contributed by atoms with E-state index < -0.39 is 0 Å². The van der Waals surface area contributed by atoms with Crippen molar-refractivity contribution in [2.75, 3.05) is 0 Å². The van der Waals surface area contributed by atoms with Gasteiger partial charge < -0.3 is 5.73 Å². The van der Waals surface area contributed by atoms with Gasteiger partial charge in [0.1, 0.15) is 0 Å². The molecule has 86 valence electrons. The Bertz CT molecular complexity index is 419. The molecule has 0 aliphatic heterocycles. The summed E-state index contributed by atoms with van der Waals surface area (Å²) in [6.07, 6.45) is 3.43. The zero-order valence-electron chi connectivity index (χ0n) is 9.42. The third-order valence-corrected chi connectivity index (χ3v) is 3.08. The summed E-state index contributed by atoms with van der Waals surface area (Å²) in [5.41, 5.74) is 8.04. The first-order chi connectivity index (χ1) is 7.63.